The van der Waals surface area contributed by atoms with Crippen LogP contribution in [-0.2, 0) is 16.1 Å². The van der Waals surface area contributed by atoms with Crippen molar-refractivity contribution in [2.45, 2.75) is 25.2 Å². The van der Waals surface area contributed by atoms with Crippen molar-refractivity contribution < 1.29 is 43.2 Å². The van der Waals surface area contributed by atoms with Gasteiger partial charge in [-0.25, -0.2) is 9.59 Å². The molecule has 1 aliphatic carbocycles. The minimum atomic E-state index is -4.24. The van der Waals surface area contributed by atoms with E-state index in [1.165, 1.54) is 13.0 Å². The first-order valence-corrected chi connectivity index (χ1v) is 7.74. The zero-order chi connectivity index (χ0) is 21.7. The Bertz CT molecular complexity index is 837. The number of halogens is 3. The predicted octanol–water partition coefficient (Wildman–Crippen LogP) is 0.792. The van der Waals surface area contributed by atoms with Gasteiger partial charge >= 0.3 is 18.1 Å². The molecule has 0 spiro atoms. The second-order valence-electron chi connectivity index (χ2n) is 5.92. The van der Waals surface area contributed by atoms with Crippen LogP contribution in [0.25, 0.3) is 0 Å². The Hall–Kier alpha value is -2.92. The van der Waals surface area contributed by atoms with E-state index in [0.717, 1.165) is 35.2 Å². The van der Waals surface area contributed by atoms with E-state index < -0.39 is 42.8 Å². The van der Waals surface area contributed by atoms with Gasteiger partial charge in [0.1, 0.15) is 6.54 Å². The fourth-order valence-electron chi connectivity index (χ4n) is 2.48. The lowest BCUT2D eigenvalue weighted by molar-refractivity contribution is -0.159. The van der Waals surface area contributed by atoms with Crippen LogP contribution in [0.5, 0.6) is 0 Å². The number of hydrogen-bond acceptors (Lipinski definition) is 5. The predicted molar refractivity (Wildman–Crippen MR) is 89.4 cm³/mol. The number of rotatable bonds is 4. The fraction of sp³-hybridized carbons (Fsp3) is 0.353. The number of pyridine rings is 1. The Balaban J connectivity index is 0.000000292. The first kappa shape index (κ1) is 23.1. The molecule has 1 aromatic heterocycles. The molecule has 0 fully saturated rings. The lowest BCUT2D eigenvalue weighted by atomic mass is 9.76. The van der Waals surface area contributed by atoms with Crippen molar-refractivity contribution in [2.75, 3.05) is 6.61 Å². The maximum absolute atomic E-state index is 11.7. The molecule has 2 unspecified atom stereocenters. The first-order valence-electron chi connectivity index (χ1n) is 7.74. The van der Waals surface area contributed by atoms with Crippen LogP contribution in [0, 0.1) is 5.92 Å². The average molecular weight is 405 g/mol. The van der Waals surface area contributed by atoms with Gasteiger partial charge in [0.2, 0.25) is 0 Å². The van der Waals surface area contributed by atoms with Crippen LogP contribution < -0.4 is 5.43 Å². The molecule has 4 N–H and O–H groups in total. The zero-order valence-electron chi connectivity index (χ0n) is 14.6. The summed E-state index contributed by atoms with van der Waals surface area (Å²) in [6, 6.07) is 2.18. The smallest absolute Gasteiger partial charge is 0.406 e. The van der Waals surface area contributed by atoms with Crippen LogP contribution >= 0.6 is 0 Å². The summed E-state index contributed by atoms with van der Waals surface area (Å²) in [7, 11) is 0. The molecule has 0 amide bonds. The Morgan fingerprint density at radius 1 is 1.21 bits per heavy atom. The topological polar surface area (TPSA) is 137 Å². The van der Waals surface area contributed by atoms with Crippen molar-refractivity contribution in [1.82, 2.24) is 4.57 Å². The van der Waals surface area contributed by atoms with Gasteiger partial charge in [0.15, 0.2) is 11.0 Å². The molecule has 0 aliphatic heterocycles. The van der Waals surface area contributed by atoms with Gasteiger partial charge in [-0.15, -0.1) is 0 Å². The summed E-state index contributed by atoms with van der Waals surface area (Å²) in [6.45, 7) is -0.344. The molecule has 1 heterocycles. The van der Waals surface area contributed by atoms with Crippen molar-refractivity contribution in [3.8, 4) is 0 Å². The summed E-state index contributed by atoms with van der Waals surface area (Å²) in [4.78, 5) is 32.3. The van der Waals surface area contributed by atoms with Gasteiger partial charge in [-0.2, -0.15) is 13.2 Å². The second kappa shape index (κ2) is 8.85. The number of alkyl halides is 3. The van der Waals surface area contributed by atoms with E-state index in [2.05, 4.69) is 0 Å². The lowest BCUT2D eigenvalue weighted by Crippen LogP contribution is -2.49. The van der Waals surface area contributed by atoms with Gasteiger partial charge in [-0.05, 0) is 18.6 Å². The molecule has 0 radical (unpaired) electrons. The Morgan fingerprint density at radius 3 is 2.14 bits per heavy atom. The van der Waals surface area contributed by atoms with E-state index in [0.29, 0.717) is 5.57 Å². The third-order valence-electron chi connectivity index (χ3n) is 3.87. The molecule has 0 saturated heterocycles. The number of carboxylic acids is 2. The second-order valence-corrected chi connectivity index (χ2v) is 5.92. The molecule has 2 atom stereocenters. The highest BCUT2D eigenvalue weighted by atomic mass is 19.4. The van der Waals surface area contributed by atoms with Crippen LogP contribution in [0.3, 0.4) is 0 Å². The minimum absolute atomic E-state index is 0.282. The van der Waals surface area contributed by atoms with E-state index in [4.69, 9.17) is 15.3 Å². The number of hydrogen-bond donors (Lipinski definition) is 4. The summed E-state index contributed by atoms with van der Waals surface area (Å²) in [5.74, 6) is -4.30. The zero-order valence-corrected chi connectivity index (χ0v) is 14.6. The third kappa shape index (κ3) is 5.79. The highest BCUT2D eigenvalue weighted by molar-refractivity contribution is 5.93. The molecule has 8 nitrogen and oxygen atoms in total. The van der Waals surface area contributed by atoms with Crippen molar-refractivity contribution >= 4 is 11.9 Å². The van der Waals surface area contributed by atoms with Gasteiger partial charge in [0.05, 0.1) is 12.5 Å². The summed E-state index contributed by atoms with van der Waals surface area (Å²) < 4.78 is 36.1. The Kier molecular flexibility index (Phi) is 7.30. The molecule has 1 aliphatic rings. The van der Waals surface area contributed by atoms with E-state index >= 15 is 0 Å². The van der Waals surface area contributed by atoms with Gasteiger partial charge in [0, 0.05) is 30.1 Å². The number of aromatic nitrogens is 1. The van der Waals surface area contributed by atoms with Crippen LogP contribution in [-0.4, -0.2) is 55.3 Å². The van der Waals surface area contributed by atoms with Gasteiger partial charge in [0.25, 0.3) is 0 Å². The molecule has 0 saturated carbocycles. The molecular weight excluding hydrogens is 387 g/mol. The quantitative estimate of drug-likeness (QED) is 0.581. The average Bonchev–Trinajstić information content (AvgIpc) is 2.57. The van der Waals surface area contributed by atoms with Gasteiger partial charge in [-0.3, -0.25) is 4.79 Å². The molecule has 1 aromatic rings. The maximum Gasteiger partial charge on any atom is 0.406 e. The summed E-state index contributed by atoms with van der Waals surface area (Å²) in [5, 5.41) is 36.6. The van der Waals surface area contributed by atoms with Crippen molar-refractivity contribution in [3.05, 3.63) is 58.0 Å². The summed E-state index contributed by atoms with van der Waals surface area (Å²) in [5.41, 5.74) is -2.64. The molecule has 0 bridgehead atoms. The standard InChI is InChI=1S/C10H12O6.C7H6F3NO/c1-5-2-3-10(16,9(14)15)6(4-11)7(5)8(12)13;8-7(9,10)5-11-3-1-6(12)2-4-11/h2-3,6,11,16H,4H2,1H3,(H,12,13)(H,14,15);1-4H,5H2. The highest BCUT2D eigenvalue weighted by Gasteiger charge is 2.47. The number of nitrogens with zero attached hydrogens (tertiary/aromatic N) is 1. The van der Waals surface area contributed by atoms with Crippen molar-refractivity contribution in [2.24, 2.45) is 5.92 Å². The van der Waals surface area contributed by atoms with Crippen molar-refractivity contribution in [1.29, 1.82) is 0 Å². The number of carboxylic acid groups (broad SMARTS) is 2. The fourth-order valence-corrected chi connectivity index (χ4v) is 2.48. The van der Waals surface area contributed by atoms with Crippen LogP contribution in [0.1, 0.15) is 6.92 Å². The van der Waals surface area contributed by atoms with Crippen LogP contribution in [0.4, 0.5) is 13.2 Å². The van der Waals surface area contributed by atoms with Crippen molar-refractivity contribution in [3.63, 3.8) is 0 Å². The maximum atomic E-state index is 11.7. The monoisotopic (exact) mass is 405 g/mol. The molecule has 2 rings (SSSR count). The number of carbonyl (C=O) groups is 2. The van der Waals surface area contributed by atoms with E-state index in [9.17, 15) is 32.7 Å². The molecule has 11 heteroatoms. The van der Waals surface area contributed by atoms with Gasteiger partial charge < -0.3 is 25.0 Å². The summed E-state index contributed by atoms with van der Waals surface area (Å²) in [6.07, 6.45) is 0.183. The number of allylic oxidation sites excluding steroid dienone is 2. The van der Waals surface area contributed by atoms with Gasteiger partial charge in [-0.1, -0.05) is 6.08 Å². The molecule has 154 valence electrons. The Morgan fingerprint density at radius 2 is 1.75 bits per heavy atom. The minimum Gasteiger partial charge on any atom is -0.479 e. The van der Waals surface area contributed by atoms with E-state index in [1.807, 2.05) is 0 Å². The highest BCUT2D eigenvalue weighted by Crippen LogP contribution is 2.33. The number of aliphatic hydroxyl groups is 2. The van der Waals surface area contributed by atoms with E-state index in [-0.39, 0.29) is 11.0 Å². The Labute approximate surface area is 156 Å². The first-order chi connectivity index (χ1) is 12.8. The third-order valence-corrected chi connectivity index (χ3v) is 3.87. The molecule has 28 heavy (non-hydrogen) atoms. The SMILES string of the molecule is CC1=C(C(=O)O)C(CO)C(O)(C(=O)O)C=C1.O=c1ccn(CC(F)(F)F)cc1. The van der Waals surface area contributed by atoms with Crippen LogP contribution in [0.2, 0.25) is 0 Å². The normalized spacial score (nSPS) is 21.7. The number of aliphatic hydroxyl groups excluding tert-OH is 1. The largest absolute Gasteiger partial charge is 0.479 e. The summed E-state index contributed by atoms with van der Waals surface area (Å²) >= 11 is 0. The van der Waals surface area contributed by atoms with Crippen LogP contribution in [0.15, 0.2) is 52.6 Å². The molecule has 0 aromatic carbocycles. The lowest BCUT2D eigenvalue weighted by Gasteiger charge is -2.32. The molecular formula is C17H18F3NO7. The number of aliphatic carboxylic acids is 2. The van der Waals surface area contributed by atoms with E-state index in [1.54, 1.807) is 0 Å².